The summed E-state index contributed by atoms with van der Waals surface area (Å²) < 4.78 is 25.7. The van der Waals surface area contributed by atoms with Crippen LogP contribution in [0.25, 0.3) is 0 Å². The Balaban J connectivity index is 2.44. The minimum Gasteiger partial charge on any atom is -0.389 e. The smallest absolute Gasteiger partial charge is 0.270 e. The maximum atomic E-state index is 12.4. The minimum atomic E-state index is -3.98. The van der Waals surface area contributed by atoms with E-state index in [4.69, 9.17) is 0 Å². The maximum Gasteiger partial charge on any atom is 0.270 e. The van der Waals surface area contributed by atoms with Crippen molar-refractivity contribution >= 4 is 15.7 Å². The molecule has 1 saturated heterocycles. The fourth-order valence-electron chi connectivity index (χ4n) is 2.05. The summed E-state index contributed by atoms with van der Waals surface area (Å²) in [6.07, 6.45) is -2.30. The number of aliphatic hydroxyl groups excluding tert-OH is 2. The fraction of sp³-hybridized carbons (Fsp3) is 0.455. The number of non-ortho nitro benzene ring substituents is 1. The lowest BCUT2D eigenvalue weighted by atomic mass is 10.2. The molecular formula is C11H14N2O6S. The molecule has 1 aromatic carbocycles. The molecule has 2 N–H and O–H groups in total. The van der Waals surface area contributed by atoms with Gasteiger partial charge in [-0.15, -0.1) is 0 Å². The number of hydrogen-bond acceptors (Lipinski definition) is 6. The second-order valence-corrected chi connectivity index (χ2v) is 6.57. The van der Waals surface area contributed by atoms with Crippen LogP contribution >= 0.6 is 0 Å². The van der Waals surface area contributed by atoms with E-state index in [0.717, 1.165) is 10.4 Å². The first-order chi connectivity index (χ1) is 9.23. The summed E-state index contributed by atoms with van der Waals surface area (Å²) >= 11 is 0. The molecule has 1 fully saturated rings. The SMILES string of the molecule is Cc1ccc([N+](=O)[O-])cc1S(=O)(=O)N1C[C@@H](O)[C@@H](O)C1. The zero-order valence-corrected chi connectivity index (χ0v) is 11.4. The van der Waals surface area contributed by atoms with Crippen molar-refractivity contribution in [1.82, 2.24) is 4.31 Å². The van der Waals surface area contributed by atoms with Crippen molar-refractivity contribution in [2.45, 2.75) is 24.0 Å². The maximum absolute atomic E-state index is 12.4. The van der Waals surface area contributed by atoms with Gasteiger partial charge in [-0.2, -0.15) is 4.31 Å². The first kappa shape index (κ1) is 14.9. The Morgan fingerprint density at radius 3 is 2.35 bits per heavy atom. The largest absolute Gasteiger partial charge is 0.389 e. The number of hydrogen-bond donors (Lipinski definition) is 2. The van der Waals surface area contributed by atoms with Crippen LogP contribution in [0.3, 0.4) is 0 Å². The van der Waals surface area contributed by atoms with Gasteiger partial charge in [-0.05, 0) is 12.5 Å². The normalized spacial score (nSPS) is 23.9. The molecule has 1 aliphatic heterocycles. The standard InChI is InChI=1S/C11H14N2O6S/c1-7-2-3-8(13(16)17)4-11(7)20(18,19)12-5-9(14)10(15)6-12/h2-4,9-10,14-15H,5-6H2,1H3/t9-,10+. The number of rotatable bonds is 3. The number of aryl methyl sites for hydroxylation is 1. The fourth-order valence-corrected chi connectivity index (χ4v) is 3.77. The van der Waals surface area contributed by atoms with E-state index in [-0.39, 0.29) is 23.7 Å². The van der Waals surface area contributed by atoms with Crippen molar-refractivity contribution in [3.63, 3.8) is 0 Å². The molecule has 0 saturated carbocycles. The van der Waals surface area contributed by atoms with Gasteiger partial charge in [0.2, 0.25) is 10.0 Å². The van der Waals surface area contributed by atoms with E-state index in [0.29, 0.717) is 5.56 Å². The number of β-amino-alcohol motifs (C(OH)–C–C–N with tert-alkyl or cyclic N) is 2. The van der Waals surface area contributed by atoms with Gasteiger partial charge in [-0.25, -0.2) is 8.42 Å². The van der Waals surface area contributed by atoms with Crippen LogP contribution in [-0.4, -0.2) is 53.2 Å². The van der Waals surface area contributed by atoms with Crippen LogP contribution in [0, 0.1) is 17.0 Å². The van der Waals surface area contributed by atoms with Crippen molar-refractivity contribution in [2.75, 3.05) is 13.1 Å². The molecule has 9 heteroatoms. The minimum absolute atomic E-state index is 0.187. The summed E-state index contributed by atoms with van der Waals surface area (Å²) in [5, 5.41) is 29.6. The van der Waals surface area contributed by atoms with Crippen LogP contribution in [0.1, 0.15) is 5.56 Å². The number of nitrogens with zero attached hydrogens (tertiary/aromatic N) is 2. The third-order valence-corrected chi connectivity index (χ3v) is 5.20. The van der Waals surface area contributed by atoms with Crippen molar-refractivity contribution in [2.24, 2.45) is 0 Å². The Hall–Kier alpha value is -1.55. The summed E-state index contributed by atoms with van der Waals surface area (Å²) in [6.45, 7) is 1.07. The van der Waals surface area contributed by atoms with E-state index >= 15 is 0 Å². The van der Waals surface area contributed by atoms with Crippen LogP contribution in [0.4, 0.5) is 5.69 Å². The lowest BCUT2D eigenvalue weighted by Crippen LogP contribution is -2.30. The summed E-state index contributed by atoms with van der Waals surface area (Å²) in [5.41, 5.74) is 0.0425. The predicted molar refractivity (Wildman–Crippen MR) is 68.6 cm³/mol. The van der Waals surface area contributed by atoms with Gasteiger partial charge in [0.1, 0.15) is 0 Å². The van der Waals surface area contributed by atoms with E-state index < -0.39 is 27.2 Å². The highest BCUT2D eigenvalue weighted by Crippen LogP contribution is 2.27. The van der Waals surface area contributed by atoms with Gasteiger partial charge >= 0.3 is 0 Å². The van der Waals surface area contributed by atoms with Crippen LogP contribution in [-0.2, 0) is 10.0 Å². The molecule has 0 unspecified atom stereocenters. The van der Waals surface area contributed by atoms with Gasteiger partial charge in [0.05, 0.1) is 22.0 Å². The molecule has 0 radical (unpaired) electrons. The van der Waals surface area contributed by atoms with E-state index in [2.05, 4.69) is 0 Å². The molecule has 1 heterocycles. The highest BCUT2D eigenvalue weighted by molar-refractivity contribution is 7.89. The molecule has 8 nitrogen and oxygen atoms in total. The second kappa shape index (κ2) is 5.09. The Bertz CT molecular complexity index is 634. The predicted octanol–water partition coefficient (Wildman–Crippen LogP) is -0.371. The van der Waals surface area contributed by atoms with Gasteiger partial charge in [0.15, 0.2) is 0 Å². The molecule has 1 aromatic rings. The van der Waals surface area contributed by atoms with Gasteiger partial charge in [0, 0.05) is 25.2 Å². The third kappa shape index (κ3) is 2.52. The molecule has 0 aliphatic carbocycles. The second-order valence-electron chi connectivity index (χ2n) is 4.66. The molecule has 0 amide bonds. The topological polar surface area (TPSA) is 121 Å². The van der Waals surface area contributed by atoms with Crippen molar-refractivity contribution in [1.29, 1.82) is 0 Å². The van der Waals surface area contributed by atoms with Crippen LogP contribution in [0.15, 0.2) is 23.1 Å². The van der Waals surface area contributed by atoms with E-state index in [1.165, 1.54) is 19.1 Å². The highest BCUT2D eigenvalue weighted by atomic mass is 32.2. The molecule has 110 valence electrons. The monoisotopic (exact) mass is 302 g/mol. The first-order valence-corrected chi connectivity index (χ1v) is 7.29. The molecule has 20 heavy (non-hydrogen) atoms. The van der Waals surface area contributed by atoms with E-state index in [9.17, 15) is 28.7 Å². The number of benzene rings is 1. The Morgan fingerprint density at radius 1 is 1.30 bits per heavy atom. The van der Waals surface area contributed by atoms with E-state index in [1.54, 1.807) is 0 Å². The van der Waals surface area contributed by atoms with Gasteiger partial charge in [0.25, 0.3) is 5.69 Å². The summed E-state index contributed by atoms with van der Waals surface area (Å²) in [5.74, 6) is 0. The molecule has 1 aliphatic rings. The van der Waals surface area contributed by atoms with Crippen molar-refractivity contribution in [3.8, 4) is 0 Å². The molecule has 0 spiro atoms. The molecule has 0 aromatic heterocycles. The Labute approximate surface area is 115 Å². The average molecular weight is 302 g/mol. The molecular weight excluding hydrogens is 288 g/mol. The number of aliphatic hydroxyl groups is 2. The van der Waals surface area contributed by atoms with Crippen molar-refractivity contribution < 1.29 is 23.6 Å². The van der Waals surface area contributed by atoms with Gasteiger partial charge in [-0.1, -0.05) is 6.07 Å². The molecule has 0 bridgehead atoms. The molecule has 2 rings (SSSR count). The van der Waals surface area contributed by atoms with Gasteiger partial charge < -0.3 is 10.2 Å². The van der Waals surface area contributed by atoms with E-state index in [1.807, 2.05) is 0 Å². The lowest BCUT2D eigenvalue weighted by molar-refractivity contribution is -0.385. The number of sulfonamides is 1. The van der Waals surface area contributed by atoms with Crippen molar-refractivity contribution in [3.05, 3.63) is 33.9 Å². The lowest BCUT2D eigenvalue weighted by Gasteiger charge is -2.16. The van der Waals surface area contributed by atoms with Crippen LogP contribution in [0.2, 0.25) is 0 Å². The summed E-state index contributed by atoms with van der Waals surface area (Å²) in [4.78, 5) is 9.87. The highest BCUT2D eigenvalue weighted by Gasteiger charge is 2.38. The zero-order valence-electron chi connectivity index (χ0n) is 10.6. The Kier molecular flexibility index (Phi) is 3.78. The first-order valence-electron chi connectivity index (χ1n) is 5.85. The number of nitro benzene ring substituents is 1. The number of nitro groups is 1. The van der Waals surface area contributed by atoms with Crippen LogP contribution < -0.4 is 0 Å². The quantitative estimate of drug-likeness (QED) is 0.580. The van der Waals surface area contributed by atoms with Crippen LogP contribution in [0.5, 0.6) is 0 Å². The zero-order chi connectivity index (χ0) is 15.1. The van der Waals surface area contributed by atoms with Gasteiger partial charge in [-0.3, -0.25) is 10.1 Å². The third-order valence-electron chi connectivity index (χ3n) is 3.23. The summed E-state index contributed by atoms with van der Waals surface area (Å²) in [6, 6.07) is 3.57. The Morgan fingerprint density at radius 2 is 1.85 bits per heavy atom. The summed E-state index contributed by atoms with van der Waals surface area (Å²) in [7, 11) is -3.98. The average Bonchev–Trinajstić information content (AvgIpc) is 2.70. The molecule has 2 atom stereocenters.